The van der Waals surface area contributed by atoms with Crippen LogP contribution < -0.4 is 10.6 Å². The normalized spacial score (nSPS) is 22.2. The second kappa shape index (κ2) is 8.64. The highest BCUT2D eigenvalue weighted by atomic mass is 35.5. The van der Waals surface area contributed by atoms with Crippen molar-refractivity contribution in [1.29, 1.82) is 0 Å². The van der Waals surface area contributed by atoms with Crippen LogP contribution in [0.3, 0.4) is 0 Å². The predicted octanol–water partition coefficient (Wildman–Crippen LogP) is 2.71. The third-order valence-electron chi connectivity index (χ3n) is 6.57. The highest BCUT2D eigenvalue weighted by Gasteiger charge is 2.54. The molecule has 0 radical (unpaired) electrons. The molecule has 0 bridgehead atoms. The summed E-state index contributed by atoms with van der Waals surface area (Å²) in [6, 6.07) is 2.47. The first-order valence-electron chi connectivity index (χ1n) is 10.9. The maximum atomic E-state index is 13.0. The fourth-order valence-corrected chi connectivity index (χ4v) is 6.39. The molecule has 2 N–H and O–H groups in total. The van der Waals surface area contributed by atoms with Gasteiger partial charge in [-0.2, -0.15) is 4.31 Å². The number of benzene rings is 1. The number of rotatable bonds is 5. The van der Waals surface area contributed by atoms with Crippen LogP contribution in [0.25, 0.3) is 0 Å². The average Bonchev–Trinajstić information content (AvgIpc) is 3.34. The molecule has 4 amide bonds. The van der Waals surface area contributed by atoms with Crippen molar-refractivity contribution < 1.29 is 22.8 Å². The molecular weight excluding hydrogens is 456 g/mol. The topological polar surface area (TPSA) is 116 Å². The maximum absolute atomic E-state index is 13.0. The van der Waals surface area contributed by atoms with E-state index in [0.29, 0.717) is 25.9 Å². The number of nitrogens with zero attached hydrogens (tertiary/aromatic N) is 2. The number of imide groups is 1. The summed E-state index contributed by atoms with van der Waals surface area (Å²) in [7, 11) is -3.71. The average molecular weight is 483 g/mol. The molecule has 1 aliphatic carbocycles. The molecule has 9 nitrogen and oxygen atoms in total. The number of halogens is 1. The van der Waals surface area contributed by atoms with E-state index in [1.165, 1.54) is 29.4 Å². The number of hydrogen-bond donors (Lipinski definition) is 2. The number of amides is 4. The van der Waals surface area contributed by atoms with Gasteiger partial charge >= 0.3 is 6.03 Å². The van der Waals surface area contributed by atoms with E-state index in [1.807, 2.05) is 0 Å². The van der Waals surface area contributed by atoms with Crippen molar-refractivity contribution in [3.05, 3.63) is 23.2 Å². The van der Waals surface area contributed by atoms with Crippen molar-refractivity contribution in [2.45, 2.75) is 68.3 Å². The first-order valence-corrected chi connectivity index (χ1v) is 12.7. The van der Waals surface area contributed by atoms with Crippen LogP contribution in [0, 0.1) is 0 Å². The van der Waals surface area contributed by atoms with E-state index in [1.54, 1.807) is 0 Å². The number of carbonyl (C=O) groups is 3. The Morgan fingerprint density at radius 2 is 1.78 bits per heavy atom. The lowest BCUT2D eigenvalue weighted by atomic mass is 9.97. The van der Waals surface area contributed by atoms with Gasteiger partial charge in [0.05, 0.1) is 15.6 Å². The van der Waals surface area contributed by atoms with Gasteiger partial charge in [-0.15, -0.1) is 0 Å². The molecule has 3 aliphatic rings. The van der Waals surface area contributed by atoms with Gasteiger partial charge in [0.25, 0.3) is 5.91 Å². The number of hydrogen-bond acceptors (Lipinski definition) is 5. The molecule has 1 aromatic rings. The van der Waals surface area contributed by atoms with E-state index in [-0.39, 0.29) is 15.6 Å². The van der Waals surface area contributed by atoms with Gasteiger partial charge in [-0.3, -0.25) is 9.59 Å². The van der Waals surface area contributed by atoms with Crippen molar-refractivity contribution in [2.75, 3.05) is 18.4 Å². The summed E-state index contributed by atoms with van der Waals surface area (Å²) in [6.45, 7) is 2.37. The molecule has 11 heteroatoms. The van der Waals surface area contributed by atoms with Crippen molar-refractivity contribution >= 4 is 45.2 Å². The molecular formula is C21H27ClN4O5S. The number of anilines is 1. The summed E-state index contributed by atoms with van der Waals surface area (Å²) in [5, 5.41) is 5.51. The number of piperidine rings is 1. The SMILES string of the molecule is CC(C(=O)Nc1cc(S(=O)(=O)N2CCCCC2)ccc1Cl)N1C(=O)NC2(CCCC2)C1=O. The second-order valence-electron chi connectivity index (χ2n) is 8.67. The Hall–Kier alpha value is -2.17. The fraction of sp³-hybridized carbons (Fsp3) is 0.571. The molecule has 4 rings (SSSR count). The minimum Gasteiger partial charge on any atom is -0.323 e. The van der Waals surface area contributed by atoms with E-state index < -0.39 is 39.4 Å². The minimum atomic E-state index is -3.71. The summed E-state index contributed by atoms with van der Waals surface area (Å²) >= 11 is 6.21. The molecule has 0 aromatic heterocycles. The molecule has 2 saturated heterocycles. The van der Waals surface area contributed by atoms with Gasteiger partial charge in [0.2, 0.25) is 15.9 Å². The fourth-order valence-electron chi connectivity index (χ4n) is 4.68. The second-order valence-corrected chi connectivity index (χ2v) is 11.0. The highest BCUT2D eigenvalue weighted by Crippen LogP contribution is 2.36. The molecule has 3 fully saturated rings. The lowest BCUT2D eigenvalue weighted by molar-refractivity contribution is -0.136. The van der Waals surface area contributed by atoms with Gasteiger partial charge in [0, 0.05) is 13.1 Å². The summed E-state index contributed by atoms with van der Waals surface area (Å²) in [5.41, 5.74) is -0.796. The Kier molecular flexibility index (Phi) is 6.21. The third kappa shape index (κ3) is 3.99. The predicted molar refractivity (Wildman–Crippen MR) is 119 cm³/mol. The molecule has 1 aromatic carbocycles. The Bertz CT molecular complexity index is 1050. The Labute approximate surface area is 192 Å². The van der Waals surface area contributed by atoms with Gasteiger partial charge in [0.15, 0.2) is 0 Å². The van der Waals surface area contributed by atoms with Gasteiger partial charge in [-0.05, 0) is 50.8 Å². The van der Waals surface area contributed by atoms with E-state index in [9.17, 15) is 22.8 Å². The number of nitrogens with one attached hydrogen (secondary N) is 2. The van der Waals surface area contributed by atoms with Crippen LogP contribution in [-0.4, -0.2) is 60.1 Å². The van der Waals surface area contributed by atoms with Gasteiger partial charge in [0.1, 0.15) is 11.6 Å². The standard InChI is InChI=1S/C21H27ClN4O5S/c1-14(26-19(28)21(24-20(26)29)9-3-4-10-21)18(27)23-17-13-15(7-8-16(17)22)32(30,31)25-11-5-2-6-12-25/h7-8,13-14H,2-6,9-12H2,1H3,(H,23,27)(H,24,29). The molecule has 1 unspecified atom stereocenters. The number of carbonyl (C=O) groups excluding carboxylic acids is 3. The van der Waals surface area contributed by atoms with Crippen LogP contribution in [0.2, 0.25) is 5.02 Å². The maximum Gasteiger partial charge on any atom is 0.325 e. The lowest BCUT2D eigenvalue weighted by Crippen LogP contribution is -2.48. The highest BCUT2D eigenvalue weighted by molar-refractivity contribution is 7.89. The molecule has 2 heterocycles. The van der Waals surface area contributed by atoms with Gasteiger partial charge in [-0.1, -0.05) is 30.9 Å². The van der Waals surface area contributed by atoms with Crippen LogP contribution in [-0.2, 0) is 19.6 Å². The van der Waals surface area contributed by atoms with Crippen molar-refractivity contribution in [1.82, 2.24) is 14.5 Å². The third-order valence-corrected chi connectivity index (χ3v) is 8.79. The molecule has 174 valence electrons. The number of urea groups is 1. The van der Waals surface area contributed by atoms with Gasteiger partial charge in [-0.25, -0.2) is 18.1 Å². The molecule has 2 aliphatic heterocycles. The first kappa shape index (κ1) is 23.0. The monoisotopic (exact) mass is 482 g/mol. The molecule has 1 atom stereocenters. The zero-order chi connectivity index (χ0) is 23.1. The minimum absolute atomic E-state index is 0.0339. The summed E-state index contributed by atoms with van der Waals surface area (Å²) in [6.07, 6.45) is 5.41. The molecule has 32 heavy (non-hydrogen) atoms. The van der Waals surface area contributed by atoms with Gasteiger partial charge < -0.3 is 10.6 Å². The van der Waals surface area contributed by atoms with Crippen LogP contribution in [0.4, 0.5) is 10.5 Å². The lowest BCUT2D eigenvalue weighted by Gasteiger charge is -2.26. The van der Waals surface area contributed by atoms with Crippen LogP contribution in [0.5, 0.6) is 0 Å². The number of sulfonamides is 1. The van der Waals surface area contributed by atoms with E-state index in [0.717, 1.165) is 37.0 Å². The summed E-state index contributed by atoms with van der Waals surface area (Å²) in [5.74, 6) is -1.02. The smallest absolute Gasteiger partial charge is 0.323 e. The molecule has 1 spiro atoms. The Morgan fingerprint density at radius 1 is 1.12 bits per heavy atom. The largest absolute Gasteiger partial charge is 0.325 e. The van der Waals surface area contributed by atoms with Crippen molar-refractivity contribution in [3.8, 4) is 0 Å². The molecule has 1 saturated carbocycles. The summed E-state index contributed by atoms with van der Waals surface area (Å²) in [4.78, 5) is 39.3. The van der Waals surface area contributed by atoms with E-state index in [4.69, 9.17) is 11.6 Å². The van der Waals surface area contributed by atoms with E-state index >= 15 is 0 Å². The zero-order valence-electron chi connectivity index (χ0n) is 17.9. The summed E-state index contributed by atoms with van der Waals surface area (Å²) < 4.78 is 27.4. The Balaban J connectivity index is 1.52. The van der Waals surface area contributed by atoms with Crippen LogP contribution in [0.1, 0.15) is 51.9 Å². The van der Waals surface area contributed by atoms with Crippen molar-refractivity contribution in [3.63, 3.8) is 0 Å². The first-order chi connectivity index (χ1) is 15.2. The zero-order valence-corrected chi connectivity index (χ0v) is 19.5. The Morgan fingerprint density at radius 3 is 2.44 bits per heavy atom. The van der Waals surface area contributed by atoms with E-state index in [2.05, 4.69) is 10.6 Å². The quantitative estimate of drug-likeness (QED) is 0.626. The van der Waals surface area contributed by atoms with Crippen molar-refractivity contribution in [2.24, 2.45) is 0 Å². The van der Waals surface area contributed by atoms with Crippen LogP contribution >= 0.6 is 11.6 Å². The van der Waals surface area contributed by atoms with Crippen LogP contribution in [0.15, 0.2) is 23.1 Å².